The molecule has 0 bridgehead atoms. The third kappa shape index (κ3) is 3.20. The first-order valence-corrected chi connectivity index (χ1v) is 7.59. The zero-order chi connectivity index (χ0) is 17.1. The van der Waals surface area contributed by atoms with Crippen LogP contribution in [0.25, 0.3) is 11.0 Å². The Balaban J connectivity index is 1.75. The van der Waals surface area contributed by atoms with Crippen molar-refractivity contribution in [1.82, 2.24) is 0 Å². The SMILES string of the molecule is COc1ccc(NC(=O)Cc2coc3cc(C)ccc23)cc1OC. The fourth-order valence-corrected chi connectivity index (χ4v) is 2.62. The number of hydrogen-bond acceptors (Lipinski definition) is 4. The minimum absolute atomic E-state index is 0.120. The highest BCUT2D eigenvalue weighted by Gasteiger charge is 2.12. The predicted molar refractivity (Wildman–Crippen MR) is 92.8 cm³/mol. The first-order valence-electron chi connectivity index (χ1n) is 7.59. The third-order valence-electron chi connectivity index (χ3n) is 3.83. The van der Waals surface area contributed by atoms with Crippen molar-refractivity contribution in [1.29, 1.82) is 0 Å². The lowest BCUT2D eigenvalue weighted by atomic mass is 10.1. The summed E-state index contributed by atoms with van der Waals surface area (Å²) in [7, 11) is 3.13. The van der Waals surface area contributed by atoms with E-state index in [0.29, 0.717) is 17.2 Å². The summed E-state index contributed by atoms with van der Waals surface area (Å²) in [6.07, 6.45) is 1.88. The molecule has 0 radical (unpaired) electrons. The Morgan fingerprint density at radius 1 is 1.08 bits per heavy atom. The van der Waals surface area contributed by atoms with E-state index in [4.69, 9.17) is 13.9 Å². The van der Waals surface area contributed by atoms with Crippen LogP contribution in [0.15, 0.2) is 47.1 Å². The second-order valence-corrected chi connectivity index (χ2v) is 5.56. The number of fused-ring (bicyclic) bond motifs is 1. The van der Waals surface area contributed by atoms with E-state index in [9.17, 15) is 4.79 Å². The minimum atomic E-state index is -0.120. The molecule has 2 aromatic carbocycles. The Labute approximate surface area is 140 Å². The molecule has 0 unspecified atom stereocenters. The third-order valence-corrected chi connectivity index (χ3v) is 3.83. The number of methoxy groups -OCH3 is 2. The van der Waals surface area contributed by atoms with Gasteiger partial charge >= 0.3 is 0 Å². The molecule has 5 heteroatoms. The van der Waals surface area contributed by atoms with Crippen LogP contribution in [0, 0.1) is 6.92 Å². The van der Waals surface area contributed by atoms with Crippen LogP contribution in [0.2, 0.25) is 0 Å². The molecular formula is C19H19NO4. The number of hydrogen-bond donors (Lipinski definition) is 1. The van der Waals surface area contributed by atoms with Gasteiger partial charge in [0.25, 0.3) is 0 Å². The van der Waals surface area contributed by atoms with Crippen LogP contribution in [-0.4, -0.2) is 20.1 Å². The molecule has 1 aromatic heterocycles. The van der Waals surface area contributed by atoms with Crippen LogP contribution in [0.5, 0.6) is 11.5 Å². The van der Waals surface area contributed by atoms with Crippen LogP contribution < -0.4 is 14.8 Å². The van der Waals surface area contributed by atoms with Crippen molar-refractivity contribution in [3.05, 3.63) is 53.8 Å². The number of aryl methyl sites for hydroxylation is 1. The molecule has 0 aliphatic carbocycles. The molecule has 124 valence electrons. The van der Waals surface area contributed by atoms with E-state index in [1.807, 2.05) is 25.1 Å². The minimum Gasteiger partial charge on any atom is -0.493 e. The Morgan fingerprint density at radius 3 is 2.62 bits per heavy atom. The average molecular weight is 325 g/mol. The fraction of sp³-hybridized carbons (Fsp3) is 0.211. The zero-order valence-corrected chi connectivity index (χ0v) is 13.9. The van der Waals surface area contributed by atoms with E-state index in [1.54, 1.807) is 38.7 Å². The second-order valence-electron chi connectivity index (χ2n) is 5.56. The summed E-state index contributed by atoms with van der Waals surface area (Å²) in [5.41, 5.74) is 3.44. The maximum absolute atomic E-state index is 12.3. The summed E-state index contributed by atoms with van der Waals surface area (Å²) in [5.74, 6) is 1.07. The molecule has 0 atom stereocenters. The number of anilines is 1. The maximum Gasteiger partial charge on any atom is 0.228 e. The lowest BCUT2D eigenvalue weighted by molar-refractivity contribution is -0.115. The molecule has 0 aliphatic rings. The van der Waals surface area contributed by atoms with E-state index < -0.39 is 0 Å². The Morgan fingerprint density at radius 2 is 1.88 bits per heavy atom. The number of ether oxygens (including phenoxy) is 2. The van der Waals surface area contributed by atoms with Crippen molar-refractivity contribution >= 4 is 22.6 Å². The highest BCUT2D eigenvalue weighted by Crippen LogP contribution is 2.30. The van der Waals surface area contributed by atoms with Gasteiger partial charge in [-0.3, -0.25) is 4.79 Å². The molecule has 0 saturated heterocycles. The molecule has 1 N–H and O–H groups in total. The molecule has 24 heavy (non-hydrogen) atoms. The Bertz CT molecular complexity index is 882. The first kappa shape index (κ1) is 15.9. The van der Waals surface area contributed by atoms with Gasteiger partial charge in [0.2, 0.25) is 5.91 Å². The van der Waals surface area contributed by atoms with Gasteiger partial charge in [-0.2, -0.15) is 0 Å². The molecule has 3 aromatic rings. The van der Waals surface area contributed by atoms with Gasteiger partial charge in [-0.25, -0.2) is 0 Å². The highest BCUT2D eigenvalue weighted by atomic mass is 16.5. The second kappa shape index (κ2) is 6.66. The topological polar surface area (TPSA) is 60.7 Å². The molecule has 1 amide bonds. The van der Waals surface area contributed by atoms with E-state index in [0.717, 1.165) is 22.1 Å². The van der Waals surface area contributed by atoms with Crippen LogP contribution in [-0.2, 0) is 11.2 Å². The van der Waals surface area contributed by atoms with Crippen molar-refractivity contribution in [3.63, 3.8) is 0 Å². The predicted octanol–water partition coefficient (Wildman–Crippen LogP) is 3.94. The number of benzene rings is 2. The molecule has 3 rings (SSSR count). The van der Waals surface area contributed by atoms with Gasteiger partial charge in [0.05, 0.1) is 26.9 Å². The van der Waals surface area contributed by atoms with Crippen molar-refractivity contribution in [2.45, 2.75) is 13.3 Å². The van der Waals surface area contributed by atoms with Crippen LogP contribution in [0.3, 0.4) is 0 Å². The Kier molecular flexibility index (Phi) is 4.42. The summed E-state index contributed by atoms with van der Waals surface area (Å²) >= 11 is 0. The zero-order valence-electron chi connectivity index (χ0n) is 13.9. The average Bonchev–Trinajstić information content (AvgIpc) is 2.96. The van der Waals surface area contributed by atoms with Crippen LogP contribution in [0.1, 0.15) is 11.1 Å². The highest BCUT2D eigenvalue weighted by molar-refractivity contribution is 5.95. The number of carbonyl (C=O) groups excluding carboxylic acids is 1. The normalized spacial score (nSPS) is 10.6. The van der Waals surface area contributed by atoms with E-state index in [1.165, 1.54) is 0 Å². The smallest absolute Gasteiger partial charge is 0.228 e. The molecule has 0 saturated carbocycles. The van der Waals surface area contributed by atoms with Gasteiger partial charge in [-0.05, 0) is 30.7 Å². The number of nitrogens with one attached hydrogen (secondary N) is 1. The molecule has 0 aliphatic heterocycles. The lowest BCUT2D eigenvalue weighted by Crippen LogP contribution is -2.14. The largest absolute Gasteiger partial charge is 0.493 e. The molecule has 0 spiro atoms. The van der Waals surface area contributed by atoms with Crippen LogP contribution in [0.4, 0.5) is 5.69 Å². The van der Waals surface area contributed by atoms with Crippen LogP contribution >= 0.6 is 0 Å². The van der Waals surface area contributed by atoms with Crippen molar-refractivity contribution in [2.24, 2.45) is 0 Å². The van der Waals surface area contributed by atoms with E-state index in [-0.39, 0.29) is 12.3 Å². The van der Waals surface area contributed by atoms with Gasteiger partial charge in [0.15, 0.2) is 11.5 Å². The first-order chi connectivity index (χ1) is 11.6. The molecule has 0 fully saturated rings. The van der Waals surface area contributed by atoms with E-state index in [2.05, 4.69) is 5.32 Å². The summed E-state index contributed by atoms with van der Waals surface area (Å²) in [5, 5.41) is 3.83. The summed E-state index contributed by atoms with van der Waals surface area (Å²) in [6.45, 7) is 2.01. The van der Waals surface area contributed by atoms with Crippen molar-refractivity contribution < 1.29 is 18.7 Å². The number of furan rings is 1. The summed E-state index contributed by atoms with van der Waals surface area (Å²) < 4.78 is 16.0. The van der Waals surface area contributed by atoms with Crippen molar-refractivity contribution in [2.75, 3.05) is 19.5 Å². The van der Waals surface area contributed by atoms with Gasteiger partial charge < -0.3 is 19.2 Å². The summed E-state index contributed by atoms with van der Waals surface area (Å²) in [6, 6.07) is 11.2. The monoisotopic (exact) mass is 325 g/mol. The summed E-state index contributed by atoms with van der Waals surface area (Å²) in [4.78, 5) is 12.3. The fourth-order valence-electron chi connectivity index (χ4n) is 2.62. The molecule has 5 nitrogen and oxygen atoms in total. The maximum atomic E-state index is 12.3. The standard InChI is InChI=1S/C19H19NO4/c1-12-4-6-15-13(11-24-17(15)8-12)9-19(21)20-14-5-7-16(22-2)18(10-14)23-3/h4-8,10-11H,9H2,1-3H3,(H,20,21). The molecular weight excluding hydrogens is 306 g/mol. The molecule has 1 heterocycles. The number of carbonyl (C=O) groups is 1. The van der Waals surface area contributed by atoms with Crippen molar-refractivity contribution in [3.8, 4) is 11.5 Å². The number of rotatable bonds is 5. The van der Waals surface area contributed by atoms with Gasteiger partial charge in [0.1, 0.15) is 5.58 Å². The Hall–Kier alpha value is -2.95. The van der Waals surface area contributed by atoms with Gasteiger partial charge in [0, 0.05) is 22.7 Å². The van der Waals surface area contributed by atoms with Gasteiger partial charge in [-0.15, -0.1) is 0 Å². The lowest BCUT2D eigenvalue weighted by Gasteiger charge is -2.10. The quantitative estimate of drug-likeness (QED) is 0.772. The van der Waals surface area contributed by atoms with E-state index >= 15 is 0 Å². The van der Waals surface area contributed by atoms with Gasteiger partial charge in [-0.1, -0.05) is 12.1 Å². The number of amides is 1.